The van der Waals surface area contributed by atoms with Gasteiger partial charge in [-0.05, 0) is 75.2 Å². The van der Waals surface area contributed by atoms with E-state index < -0.39 is 0 Å². The average Bonchev–Trinajstić information content (AvgIpc) is 2.94. The molecule has 0 heteroatoms. The zero-order valence-corrected chi connectivity index (χ0v) is 29.6. The quantitative estimate of drug-likeness (QED) is 0.143. The highest BCUT2D eigenvalue weighted by atomic mass is 14.1. The molecule has 0 amide bonds. The van der Waals surface area contributed by atoms with Crippen molar-refractivity contribution in [1.29, 1.82) is 0 Å². The second kappa shape index (κ2) is 24.7. The van der Waals surface area contributed by atoms with Crippen LogP contribution in [0.25, 0.3) is 5.57 Å². The Morgan fingerprint density at radius 3 is 1.60 bits per heavy atom. The Hall–Kier alpha value is -2.86. The van der Waals surface area contributed by atoms with Crippen molar-refractivity contribution in [3.8, 4) is 0 Å². The van der Waals surface area contributed by atoms with Gasteiger partial charge in [0.25, 0.3) is 0 Å². The van der Waals surface area contributed by atoms with E-state index in [1.165, 1.54) is 71.9 Å². The van der Waals surface area contributed by atoms with Gasteiger partial charge in [-0.2, -0.15) is 0 Å². The minimum absolute atomic E-state index is 0.542. The van der Waals surface area contributed by atoms with Gasteiger partial charge in [0.15, 0.2) is 0 Å². The topological polar surface area (TPSA) is 0 Å². The third-order valence-electron chi connectivity index (χ3n) is 6.98. The monoisotopic (exact) mass is 571 g/mol. The van der Waals surface area contributed by atoms with E-state index in [1.807, 2.05) is 25.1 Å². The standard InChI is InChI=1S/C22H28.C7H8.C7H16.C6H14/c1-8-20(22(9-2)16(3)4)15-18(6)13-19(7)21-12-10-11-17(5)14-21;1-7-5-3-2-4-6-7;1-3-5-7-6-4-2;1-5-6(2,3)4/h8-12,14H,3,6-7,13,15H2,1-2,4-5H3;2-6H,1H3;3-7H2,1-2H3;5H2,1-4H3/b20-8+,22-9-;;;. The van der Waals surface area contributed by atoms with E-state index in [1.54, 1.807) is 0 Å². The third-order valence-corrected chi connectivity index (χ3v) is 6.98. The first kappa shape index (κ1) is 41.3. The number of unbranched alkanes of at least 4 members (excludes halogenated alkanes) is 4. The van der Waals surface area contributed by atoms with Gasteiger partial charge in [0.2, 0.25) is 0 Å². The molecule has 0 aliphatic rings. The van der Waals surface area contributed by atoms with Crippen molar-refractivity contribution in [2.75, 3.05) is 0 Å². The van der Waals surface area contributed by atoms with E-state index in [0.717, 1.165) is 24.0 Å². The molecule has 0 aliphatic heterocycles. The average molecular weight is 571 g/mol. The van der Waals surface area contributed by atoms with Crippen LogP contribution in [-0.4, -0.2) is 0 Å². The molecule has 0 bridgehead atoms. The summed E-state index contributed by atoms with van der Waals surface area (Å²) in [5.74, 6) is 0. The normalized spacial score (nSPS) is 11.1. The molecule has 234 valence electrons. The fourth-order valence-corrected chi connectivity index (χ4v) is 3.87. The molecule has 0 heterocycles. The van der Waals surface area contributed by atoms with Crippen LogP contribution >= 0.6 is 0 Å². The highest BCUT2D eigenvalue weighted by Gasteiger charge is 2.08. The number of rotatable bonds is 11. The van der Waals surface area contributed by atoms with Gasteiger partial charge in [-0.1, -0.05) is 189 Å². The van der Waals surface area contributed by atoms with Crippen LogP contribution in [0.15, 0.2) is 109 Å². The summed E-state index contributed by atoms with van der Waals surface area (Å²) in [5.41, 5.74) is 10.2. The van der Waals surface area contributed by atoms with Crippen LogP contribution in [0.5, 0.6) is 0 Å². The number of benzene rings is 2. The molecule has 2 aromatic rings. The van der Waals surface area contributed by atoms with E-state index in [2.05, 4.69) is 138 Å². The molecule has 0 saturated heterocycles. The lowest BCUT2D eigenvalue weighted by Gasteiger charge is -2.15. The first-order chi connectivity index (χ1) is 19.8. The first-order valence-electron chi connectivity index (χ1n) is 16.2. The van der Waals surface area contributed by atoms with Crippen LogP contribution in [0.1, 0.15) is 130 Å². The molecule has 0 nitrogen and oxygen atoms in total. The van der Waals surface area contributed by atoms with Gasteiger partial charge in [0.05, 0.1) is 0 Å². The Morgan fingerprint density at radius 1 is 0.714 bits per heavy atom. The lowest BCUT2D eigenvalue weighted by molar-refractivity contribution is 0.398. The molecule has 0 aromatic heterocycles. The van der Waals surface area contributed by atoms with Crippen molar-refractivity contribution in [2.24, 2.45) is 5.41 Å². The summed E-state index contributed by atoms with van der Waals surface area (Å²) in [6, 6.07) is 18.7. The molecular formula is C42H66. The van der Waals surface area contributed by atoms with Crippen molar-refractivity contribution in [3.63, 3.8) is 0 Å². The summed E-state index contributed by atoms with van der Waals surface area (Å²) >= 11 is 0. The summed E-state index contributed by atoms with van der Waals surface area (Å²) in [6.45, 7) is 36.3. The minimum Gasteiger partial charge on any atom is -0.0992 e. The number of hydrogen-bond acceptors (Lipinski definition) is 0. The highest BCUT2D eigenvalue weighted by Crippen LogP contribution is 2.28. The van der Waals surface area contributed by atoms with Crippen LogP contribution in [-0.2, 0) is 0 Å². The van der Waals surface area contributed by atoms with Crippen molar-refractivity contribution in [1.82, 2.24) is 0 Å². The van der Waals surface area contributed by atoms with Crippen molar-refractivity contribution in [2.45, 2.75) is 128 Å². The molecule has 2 aromatic carbocycles. The minimum atomic E-state index is 0.542. The molecule has 0 spiro atoms. The molecule has 42 heavy (non-hydrogen) atoms. The Morgan fingerprint density at radius 2 is 1.24 bits per heavy atom. The second-order valence-corrected chi connectivity index (χ2v) is 12.5. The highest BCUT2D eigenvalue weighted by molar-refractivity contribution is 5.66. The van der Waals surface area contributed by atoms with Crippen molar-refractivity contribution in [3.05, 3.63) is 125 Å². The van der Waals surface area contributed by atoms with E-state index in [0.29, 0.717) is 5.41 Å². The van der Waals surface area contributed by atoms with Crippen LogP contribution in [0, 0.1) is 19.3 Å². The molecule has 2 rings (SSSR count). The number of hydrogen-bond donors (Lipinski definition) is 0. The lowest BCUT2D eigenvalue weighted by atomic mass is 9.90. The predicted octanol–water partition coefficient (Wildman–Crippen LogP) is 14.2. The van der Waals surface area contributed by atoms with Crippen molar-refractivity contribution >= 4 is 5.57 Å². The van der Waals surface area contributed by atoms with E-state index in [9.17, 15) is 0 Å². The fourth-order valence-electron chi connectivity index (χ4n) is 3.87. The Kier molecular flexibility index (Phi) is 24.3. The summed E-state index contributed by atoms with van der Waals surface area (Å²) in [4.78, 5) is 0. The van der Waals surface area contributed by atoms with Crippen LogP contribution < -0.4 is 0 Å². The number of aryl methyl sites for hydroxylation is 2. The van der Waals surface area contributed by atoms with Crippen molar-refractivity contribution < 1.29 is 0 Å². The summed E-state index contributed by atoms with van der Waals surface area (Å²) < 4.78 is 0. The molecule has 0 unspecified atom stereocenters. The predicted molar refractivity (Wildman–Crippen MR) is 196 cm³/mol. The molecule has 0 aliphatic carbocycles. The summed E-state index contributed by atoms with van der Waals surface area (Å²) in [6.07, 6.45) is 14.3. The molecule has 0 radical (unpaired) electrons. The van der Waals surface area contributed by atoms with Gasteiger partial charge in [-0.15, -0.1) is 0 Å². The van der Waals surface area contributed by atoms with Gasteiger partial charge in [-0.25, -0.2) is 0 Å². The SMILES string of the molecule is C=C(CC(=C)c1cccc(C)c1)CC(=C\C)/C(=C\C)C(=C)C.CCC(C)(C)C.CCCCCCC.Cc1ccccc1. The van der Waals surface area contributed by atoms with E-state index >= 15 is 0 Å². The maximum absolute atomic E-state index is 4.25. The van der Waals surface area contributed by atoms with Gasteiger partial charge in [-0.3, -0.25) is 0 Å². The van der Waals surface area contributed by atoms with Crippen LogP contribution in [0.3, 0.4) is 0 Å². The summed E-state index contributed by atoms with van der Waals surface area (Å²) in [7, 11) is 0. The van der Waals surface area contributed by atoms with Crippen LogP contribution in [0.4, 0.5) is 0 Å². The van der Waals surface area contributed by atoms with E-state index in [-0.39, 0.29) is 0 Å². The van der Waals surface area contributed by atoms with Gasteiger partial charge in [0.1, 0.15) is 0 Å². The maximum atomic E-state index is 4.25. The molecule has 0 N–H and O–H groups in total. The third kappa shape index (κ3) is 22.8. The Bertz CT molecular complexity index is 1060. The zero-order valence-electron chi connectivity index (χ0n) is 29.6. The van der Waals surface area contributed by atoms with Crippen LogP contribution in [0.2, 0.25) is 0 Å². The Labute approximate surface area is 263 Å². The Balaban J connectivity index is 0. The summed E-state index contributed by atoms with van der Waals surface area (Å²) in [5, 5.41) is 0. The molecule has 0 fully saturated rings. The fraction of sp³-hybridized carbons (Fsp3) is 0.476. The largest absolute Gasteiger partial charge is 0.0992 e. The van der Waals surface area contributed by atoms with Gasteiger partial charge >= 0.3 is 0 Å². The first-order valence-corrected chi connectivity index (χ1v) is 16.2. The second-order valence-electron chi connectivity index (χ2n) is 12.5. The van der Waals surface area contributed by atoms with Gasteiger partial charge in [0, 0.05) is 0 Å². The van der Waals surface area contributed by atoms with E-state index in [4.69, 9.17) is 0 Å². The number of allylic oxidation sites excluding steroid dienone is 7. The molecule has 0 saturated carbocycles. The zero-order chi connectivity index (χ0) is 32.6. The molecular weight excluding hydrogens is 504 g/mol. The smallest absolute Gasteiger partial charge is 0.00638 e. The molecule has 0 atom stereocenters. The maximum Gasteiger partial charge on any atom is -0.00638 e. The van der Waals surface area contributed by atoms with Gasteiger partial charge < -0.3 is 0 Å². The lowest BCUT2D eigenvalue weighted by Crippen LogP contribution is -2.00.